The number of rotatable bonds is 40. The van der Waals surface area contributed by atoms with Gasteiger partial charge in [-0.1, -0.05) is 216 Å². The van der Waals surface area contributed by atoms with E-state index in [0.29, 0.717) is 24.3 Å². The van der Waals surface area contributed by atoms with Gasteiger partial charge in [0, 0.05) is 37.4 Å². The lowest BCUT2D eigenvalue weighted by Gasteiger charge is -2.36. The molecule has 0 saturated carbocycles. The van der Waals surface area contributed by atoms with Gasteiger partial charge in [0.25, 0.3) is 0 Å². The number of ether oxygens (including phenoxy) is 4. The molecule has 0 radical (unpaired) electrons. The van der Waals surface area contributed by atoms with Crippen LogP contribution in [0.25, 0.3) is 0 Å². The molecule has 0 spiro atoms. The second-order valence-corrected chi connectivity index (χ2v) is 27.5. The van der Waals surface area contributed by atoms with Gasteiger partial charge in [-0.3, -0.25) is 28.8 Å². The molecule has 0 heterocycles. The van der Waals surface area contributed by atoms with E-state index < -0.39 is 100 Å². The zero-order chi connectivity index (χ0) is 68.6. The van der Waals surface area contributed by atoms with E-state index in [-0.39, 0.29) is 50.2 Å². The molecule has 6 aromatic rings. The fourth-order valence-corrected chi connectivity index (χ4v) is 12.9. The number of carbonyl (C=O) groups excluding carboxylic acids is 8. The topological polar surface area (TPSA) is 210 Å². The highest BCUT2D eigenvalue weighted by atomic mass is 32.2. The van der Waals surface area contributed by atoms with Crippen LogP contribution in [0.1, 0.15) is 179 Å². The number of carbonyl (C=O) groups is 8. The molecule has 95 heavy (non-hydrogen) atoms. The second kappa shape index (κ2) is 38.9. The Morgan fingerprint density at radius 1 is 0.453 bits per heavy atom. The lowest BCUT2D eigenvalue weighted by atomic mass is 9.84. The third-order valence-electron chi connectivity index (χ3n) is 16.1. The first-order chi connectivity index (χ1) is 45.5. The van der Waals surface area contributed by atoms with Gasteiger partial charge in [0.05, 0.1) is 35.8 Å². The molecule has 15 nitrogen and oxygen atoms in total. The number of nitrogens with one attached hydrogen (secondary N) is 3. The number of esters is 2. The van der Waals surface area contributed by atoms with Crippen LogP contribution >= 0.6 is 11.8 Å². The average Bonchev–Trinajstić information content (AvgIpc) is 0.760. The molecule has 0 aliphatic carbocycles. The first-order valence-electron chi connectivity index (χ1n) is 33.7. The molecule has 3 amide bonds. The molecular weight excluding hydrogens is 1210 g/mol. The molecule has 0 aliphatic rings. The van der Waals surface area contributed by atoms with Crippen molar-refractivity contribution in [3.63, 3.8) is 0 Å². The Kier molecular flexibility index (Phi) is 30.9. The summed E-state index contributed by atoms with van der Waals surface area (Å²) in [5.41, 5.74) is 2.91. The van der Waals surface area contributed by atoms with Crippen LogP contribution in [0.3, 0.4) is 0 Å². The van der Waals surface area contributed by atoms with E-state index in [9.17, 15) is 28.8 Å². The van der Waals surface area contributed by atoms with E-state index in [1.165, 1.54) is 37.4 Å². The smallest absolute Gasteiger partial charge is 0.408 e. The number of benzene rings is 6. The van der Waals surface area contributed by atoms with Crippen molar-refractivity contribution in [3.8, 4) is 5.75 Å². The monoisotopic (exact) mass is 1310 g/mol. The maximum Gasteiger partial charge on any atom is 0.408 e. The van der Waals surface area contributed by atoms with Crippen molar-refractivity contribution in [2.75, 3.05) is 12.4 Å². The molecule has 1 unspecified atom stereocenters. The van der Waals surface area contributed by atoms with E-state index in [1.807, 2.05) is 159 Å². The lowest BCUT2D eigenvalue weighted by Crippen LogP contribution is -2.49. The molecule has 0 saturated heterocycles. The van der Waals surface area contributed by atoms with Gasteiger partial charge in [0.1, 0.15) is 35.4 Å². The van der Waals surface area contributed by atoms with Crippen molar-refractivity contribution in [1.29, 1.82) is 0 Å². The number of thioether (sulfide) groups is 1. The van der Waals surface area contributed by atoms with Crippen molar-refractivity contribution in [3.05, 3.63) is 209 Å². The Bertz CT molecular complexity index is 3240. The van der Waals surface area contributed by atoms with Crippen molar-refractivity contribution < 1.29 is 57.3 Å². The Balaban J connectivity index is 1.31. The van der Waals surface area contributed by atoms with Gasteiger partial charge in [0.15, 0.2) is 11.6 Å². The van der Waals surface area contributed by atoms with E-state index in [1.54, 1.807) is 65.8 Å². The predicted octanol–water partition coefficient (Wildman–Crippen LogP) is 15.0. The zero-order valence-corrected chi connectivity index (χ0v) is 57.7. The number of amides is 3. The molecular formula is C79H99N3O12S. The van der Waals surface area contributed by atoms with Crippen molar-refractivity contribution in [1.82, 2.24) is 16.0 Å². The van der Waals surface area contributed by atoms with Crippen LogP contribution in [0.15, 0.2) is 176 Å². The van der Waals surface area contributed by atoms with Gasteiger partial charge in [-0.15, -0.1) is 11.8 Å². The fourth-order valence-electron chi connectivity index (χ4n) is 11.4. The second-order valence-electron chi connectivity index (χ2n) is 26.3. The van der Waals surface area contributed by atoms with Crippen LogP contribution < -0.4 is 20.7 Å². The summed E-state index contributed by atoms with van der Waals surface area (Å²) in [5, 5.41) is 8.59. The van der Waals surface area contributed by atoms with Crippen molar-refractivity contribution in [2.45, 2.75) is 199 Å². The van der Waals surface area contributed by atoms with E-state index in [4.69, 9.17) is 18.9 Å². The van der Waals surface area contributed by atoms with Crippen LogP contribution in [0.2, 0.25) is 0 Å². The predicted molar refractivity (Wildman–Crippen MR) is 375 cm³/mol. The minimum Gasteiger partial charge on any atom is -0.494 e. The first kappa shape index (κ1) is 75.7. The van der Waals surface area contributed by atoms with Crippen LogP contribution in [-0.2, 0) is 72.0 Å². The molecule has 0 aliphatic heterocycles. The zero-order valence-electron chi connectivity index (χ0n) is 56.9. The number of alkyl carbamates (subject to hydrolysis) is 1. The van der Waals surface area contributed by atoms with Crippen LogP contribution in [0, 0.1) is 11.8 Å². The standard InChI is InChI=1S/C79H99N3O12S/c1-9-11-12-13-14-15-16-32-43-65(83)52-60(50-57-33-22-17-23-34-57)73(87)80-68(51-58-35-24-18-25-36-58)70(84)49-48-67(82-76(90)94-78(6,7)8)71(85)53-61(54-72(86)93-77(3,4)5)74(88)81-69(75(89)92-55-59-44-46-66(47-45-59)91-10-2)56-95-79(62-37-26-19-27-38-62,63-39-28-20-29-40-63)64-41-30-21-31-42-64/h17-31,33-42,44-47,60-61,67-69H,9-16,32,43,48-56H2,1-8H3,(H,80,87)(H,81,88)(H,82,90)/t60-,61+,67?,68+,69+/m1/s1. The Morgan fingerprint density at radius 2 is 0.937 bits per heavy atom. The maximum absolute atomic E-state index is 15.3. The normalized spacial score (nSPS) is 13.2. The molecule has 6 rings (SSSR count). The minimum atomic E-state index is -1.49. The van der Waals surface area contributed by atoms with Gasteiger partial charge < -0.3 is 34.9 Å². The quantitative estimate of drug-likeness (QED) is 0.0142. The number of Topliss-reactive ketones (excluding diaryl/α,β-unsaturated/α-hetero) is 3. The van der Waals surface area contributed by atoms with Crippen LogP contribution in [-0.4, -0.2) is 88.9 Å². The average molecular weight is 1310 g/mol. The third-order valence-corrected chi connectivity index (χ3v) is 17.7. The third kappa shape index (κ3) is 26.4. The molecule has 5 atom stereocenters. The van der Waals surface area contributed by atoms with E-state index in [0.717, 1.165) is 53.5 Å². The van der Waals surface area contributed by atoms with Gasteiger partial charge in [0.2, 0.25) is 11.8 Å². The summed E-state index contributed by atoms with van der Waals surface area (Å²) in [6, 6.07) is 51.1. The summed E-state index contributed by atoms with van der Waals surface area (Å²) < 4.78 is 22.1. The summed E-state index contributed by atoms with van der Waals surface area (Å²) in [6.45, 7) is 14.3. The van der Waals surface area contributed by atoms with Crippen molar-refractivity contribution in [2.24, 2.45) is 11.8 Å². The van der Waals surface area contributed by atoms with Gasteiger partial charge in [-0.2, -0.15) is 0 Å². The Hall–Kier alpha value is -8.37. The molecule has 16 heteroatoms. The summed E-state index contributed by atoms with van der Waals surface area (Å²) >= 11 is 1.40. The number of hydrogen-bond donors (Lipinski definition) is 3. The largest absolute Gasteiger partial charge is 0.494 e. The SMILES string of the molecule is CCCCCCCCCCC(=O)C[C@@H](Cc1ccccc1)C(=O)N[C@@H](Cc1ccccc1)C(=O)CCC(NC(=O)OC(C)(C)C)C(=O)C[C@@H](CC(=O)OC(C)(C)C)C(=O)N[C@@H](CSC(c1ccccc1)(c1ccccc1)c1ccccc1)C(=O)OCc1ccc(OCC)cc1. The molecule has 6 aromatic carbocycles. The van der Waals surface area contributed by atoms with Gasteiger partial charge in [-0.25, -0.2) is 9.59 Å². The highest BCUT2D eigenvalue weighted by Crippen LogP contribution is 2.49. The van der Waals surface area contributed by atoms with Crippen LogP contribution in [0.4, 0.5) is 4.79 Å². The van der Waals surface area contributed by atoms with E-state index in [2.05, 4.69) is 22.9 Å². The molecule has 0 fully saturated rings. The maximum atomic E-state index is 15.3. The summed E-state index contributed by atoms with van der Waals surface area (Å²) in [4.78, 5) is 116. The number of unbranched alkanes of at least 4 members (excludes halogenated alkanes) is 7. The lowest BCUT2D eigenvalue weighted by molar-refractivity contribution is -0.157. The molecule has 508 valence electrons. The van der Waals surface area contributed by atoms with Gasteiger partial charge in [-0.05, 0) is 120 Å². The van der Waals surface area contributed by atoms with E-state index >= 15 is 9.59 Å². The number of hydrogen-bond acceptors (Lipinski definition) is 13. The Labute approximate surface area is 567 Å². The van der Waals surface area contributed by atoms with Crippen LogP contribution in [0.5, 0.6) is 5.75 Å². The molecule has 0 aromatic heterocycles. The summed E-state index contributed by atoms with van der Waals surface area (Å²) in [6.07, 6.45) is 6.36. The Morgan fingerprint density at radius 3 is 1.45 bits per heavy atom. The first-order valence-corrected chi connectivity index (χ1v) is 34.7. The summed E-state index contributed by atoms with van der Waals surface area (Å²) in [7, 11) is 0. The highest BCUT2D eigenvalue weighted by Gasteiger charge is 2.41. The summed E-state index contributed by atoms with van der Waals surface area (Å²) in [5.74, 6) is -5.86. The fraction of sp³-hybridized carbons (Fsp3) is 0.443. The van der Waals surface area contributed by atoms with Crippen molar-refractivity contribution >= 4 is 59.0 Å². The molecule has 3 N–H and O–H groups in total. The van der Waals surface area contributed by atoms with Gasteiger partial charge >= 0.3 is 18.0 Å². The molecule has 0 bridgehead atoms. The minimum absolute atomic E-state index is 0.0156. The number of ketones is 3. The highest BCUT2D eigenvalue weighted by molar-refractivity contribution is 8.00.